The molecular weight excluding hydrogens is 198 g/mol. The Hall–Kier alpha value is -1.25. The van der Waals surface area contributed by atoms with Crippen LogP contribution in [0.15, 0.2) is 18.3 Å². The van der Waals surface area contributed by atoms with E-state index in [-0.39, 0.29) is 0 Å². The van der Waals surface area contributed by atoms with Crippen LogP contribution >= 0.6 is 0 Å². The average molecular weight is 219 g/mol. The molecule has 1 saturated carbocycles. The molecule has 0 saturated heterocycles. The van der Waals surface area contributed by atoms with E-state index in [9.17, 15) is 0 Å². The van der Waals surface area contributed by atoms with Crippen LogP contribution in [0, 0.1) is 5.41 Å². The first-order valence-corrected chi connectivity index (χ1v) is 6.02. The van der Waals surface area contributed by atoms with Gasteiger partial charge in [-0.05, 0) is 24.3 Å². The van der Waals surface area contributed by atoms with E-state index in [4.69, 9.17) is 0 Å². The van der Waals surface area contributed by atoms with Gasteiger partial charge in [0.1, 0.15) is 5.82 Å². The van der Waals surface area contributed by atoms with Gasteiger partial charge in [0.15, 0.2) is 0 Å². The molecule has 1 atom stereocenters. The smallest absolute Gasteiger partial charge is 0.127 e. The minimum Gasteiger partial charge on any atom is -0.382 e. The summed E-state index contributed by atoms with van der Waals surface area (Å²) in [7, 11) is 1.89. The maximum Gasteiger partial charge on any atom is 0.127 e. The van der Waals surface area contributed by atoms with E-state index in [2.05, 4.69) is 35.5 Å². The van der Waals surface area contributed by atoms with Gasteiger partial charge >= 0.3 is 0 Å². The fourth-order valence-corrected chi connectivity index (χ4v) is 2.45. The van der Waals surface area contributed by atoms with Crippen LogP contribution in [0.5, 0.6) is 0 Å². The molecule has 1 aromatic heterocycles. The van der Waals surface area contributed by atoms with Gasteiger partial charge in [-0.3, -0.25) is 0 Å². The molecule has 16 heavy (non-hydrogen) atoms. The van der Waals surface area contributed by atoms with Crippen molar-refractivity contribution in [1.82, 2.24) is 4.98 Å². The first-order valence-electron chi connectivity index (χ1n) is 6.02. The molecule has 2 N–H and O–H groups in total. The monoisotopic (exact) mass is 219 g/mol. The zero-order valence-electron chi connectivity index (χ0n) is 10.4. The SMILES string of the molecule is CNc1cc(NC2CCCC2(C)C)ccn1. The van der Waals surface area contributed by atoms with E-state index < -0.39 is 0 Å². The Morgan fingerprint density at radius 3 is 2.88 bits per heavy atom. The number of anilines is 2. The van der Waals surface area contributed by atoms with E-state index in [1.807, 2.05) is 19.3 Å². The Kier molecular flexibility index (Phi) is 3.03. The first-order chi connectivity index (χ1) is 7.62. The van der Waals surface area contributed by atoms with Crippen molar-refractivity contribution in [2.75, 3.05) is 17.7 Å². The number of aromatic nitrogens is 1. The maximum absolute atomic E-state index is 4.22. The summed E-state index contributed by atoms with van der Waals surface area (Å²) >= 11 is 0. The second kappa shape index (κ2) is 4.32. The van der Waals surface area contributed by atoms with Crippen molar-refractivity contribution < 1.29 is 0 Å². The molecule has 2 rings (SSSR count). The van der Waals surface area contributed by atoms with Gasteiger partial charge in [-0.25, -0.2) is 4.98 Å². The average Bonchev–Trinajstić information content (AvgIpc) is 2.59. The van der Waals surface area contributed by atoms with Gasteiger partial charge in [0, 0.05) is 31.0 Å². The van der Waals surface area contributed by atoms with Crippen LogP contribution < -0.4 is 10.6 Å². The molecule has 1 aliphatic rings. The lowest BCUT2D eigenvalue weighted by atomic mass is 9.87. The highest BCUT2D eigenvalue weighted by Gasteiger charge is 2.34. The first kappa shape index (κ1) is 11.2. The molecule has 88 valence electrons. The van der Waals surface area contributed by atoms with Crippen LogP contribution in [-0.4, -0.2) is 18.1 Å². The highest BCUT2D eigenvalue weighted by atomic mass is 15.0. The normalized spacial score (nSPS) is 23.1. The van der Waals surface area contributed by atoms with E-state index in [0.717, 1.165) is 5.82 Å². The third kappa shape index (κ3) is 2.29. The predicted molar refractivity (Wildman–Crippen MR) is 68.8 cm³/mol. The lowest BCUT2D eigenvalue weighted by Crippen LogP contribution is -2.30. The van der Waals surface area contributed by atoms with Crippen LogP contribution in [0.2, 0.25) is 0 Å². The van der Waals surface area contributed by atoms with Gasteiger partial charge in [0.05, 0.1) is 0 Å². The molecule has 1 aliphatic carbocycles. The molecule has 1 unspecified atom stereocenters. The van der Waals surface area contributed by atoms with Crippen molar-refractivity contribution in [1.29, 1.82) is 0 Å². The van der Waals surface area contributed by atoms with E-state index >= 15 is 0 Å². The quantitative estimate of drug-likeness (QED) is 0.820. The Labute approximate surface area is 97.7 Å². The number of pyridine rings is 1. The molecule has 0 amide bonds. The van der Waals surface area contributed by atoms with Crippen molar-refractivity contribution in [3.05, 3.63) is 18.3 Å². The van der Waals surface area contributed by atoms with Crippen LogP contribution in [-0.2, 0) is 0 Å². The third-order valence-corrected chi connectivity index (χ3v) is 3.61. The summed E-state index contributed by atoms with van der Waals surface area (Å²) in [5.41, 5.74) is 1.57. The van der Waals surface area contributed by atoms with Gasteiger partial charge in [0.2, 0.25) is 0 Å². The molecule has 1 fully saturated rings. The Morgan fingerprint density at radius 2 is 2.25 bits per heavy atom. The predicted octanol–water partition coefficient (Wildman–Crippen LogP) is 3.11. The fourth-order valence-electron chi connectivity index (χ4n) is 2.45. The molecule has 3 heteroatoms. The van der Waals surface area contributed by atoms with Gasteiger partial charge < -0.3 is 10.6 Å². The molecule has 3 nitrogen and oxygen atoms in total. The second-order valence-electron chi connectivity index (χ2n) is 5.26. The Bertz CT molecular complexity index is 360. The van der Waals surface area contributed by atoms with Crippen molar-refractivity contribution in [3.63, 3.8) is 0 Å². The van der Waals surface area contributed by atoms with Gasteiger partial charge in [-0.2, -0.15) is 0 Å². The van der Waals surface area contributed by atoms with Crippen LogP contribution in [0.1, 0.15) is 33.1 Å². The Morgan fingerprint density at radius 1 is 1.44 bits per heavy atom. The van der Waals surface area contributed by atoms with E-state index in [1.165, 1.54) is 24.9 Å². The molecule has 0 bridgehead atoms. The summed E-state index contributed by atoms with van der Waals surface area (Å²) in [4.78, 5) is 4.22. The lowest BCUT2D eigenvalue weighted by Gasteiger charge is -2.28. The summed E-state index contributed by atoms with van der Waals surface area (Å²) in [5, 5.41) is 6.69. The standard InChI is InChI=1S/C13H21N3/c1-13(2)7-4-5-11(13)16-10-6-8-15-12(9-10)14-3/h6,8-9,11H,4-5,7H2,1-3H3,(H2,14,15,16). The summed E-state index contributed by atoms with van der Waals surface area (Å²) in [6, 6.07) is 4.68. The number of nitrogens with zero attached hydrogens (tertiary/aromatic N) is 1. The molecule has 0 radical (unpaired) electrons. The van der Waals surface area contributed by atoms with Crippen molar-refractivity contribution >= 4 is 11.5 Å². The number of hydrogen-bond donors (Lipinski definition) is 2. The summed E-state index contributed by atoms with van der Waals surface area (Å²) in [5.74, 6) is 0.917. The fraction of sp³-hybridized carbons (Fsp3) is 0.615. The van der Waals surface area contributed by atoms with E-state index in [1.54, 1.807) is 0 Å². The molecule has 0 aromatic carbocycles. The minimum atomic E-state index is 0.406. The third-order valence-electron chi connectivity index (χ3n) is 3.61. The van der Waals surface area contributed by atoms with Crippen LogP contribution in [0.3, 0.4) is 0 Å². The molecular formula is C13H21N3. The summed E-state index contributed by atoms with van der Waals surface area (Å²) in [6.07, 6.45) is 5.75. The van der Waals surface area contributed by atoms with Crippen LogP contribution in [0.25, 0.3) is 0 Å². The largest absolute Gasteiger partial charge is 0.382 e. The molecule has 0 spiro atoms. The van der Waals surface area contributed by atoms with Crippen LogP contribution in [0.4, 0.5) is 11.5 Å². The van der Waals surface area contributed by atoms with E-state index in [0.29, 0.717) is 11.5 Å². The van der Waals surface area contributed by atoms with Gasteiger partial charge in [0.25, 0.3) is 0 Å². The molecule has 0 aliphatic heterocycles. The summed E-state index contributed by atoms with van der Waals surface area (Å²) in [6.45, 7) is 4.69. The molecule has 1 aromatic rings. The van der Waals surface area contributed by atoms with Gasteiger partial charge in [-0.15, -0.1) is 0 Å². The number of hydrogen-bond acceptors (Lipinski definition) is 3. The summed E-state index contributed by atoms with van der Waals surface area (Å²) < 4.78 is 0. The van der Waals surface area contributed by atoms with Gasteiger partial charge in [-0.1, -0.05) is 20.3 Å². The zero-order chi connectivity index (χ0) is 11.6. The molecule has 1 heterocycles. The van der Waals surface area contributed by atoms with Crippen molar-refractivity contribution in [3.8, 4) is 0 Å². The highest BCUT2D eigenvalue weighted by Crippen LogP contribution is 2.39. The maximum atomic E-state index is 4.22. The number of rotatable bonds is 3. The highest BCUT2D eigenvalue weighted by molar-refractivity contribution is 5.52. The topological polar surface area (TPSA) is 37.0 Å². The zero-order valence-corrected chi connectivity index (χ0v) is 10.4. The number of nitrogens with one attached hydrogen (secondary N) is 2. The van der Waals surface area contributed by atoms with Crippen molar-refractivity contribution in [2.24, 2.45) is 5.41 Å². The second-order valence-corrected chi connectivity index (χ2v) is 5.26. The Balaban J connectivity index is 2.08. The lowest BCUT2D eigenvalue weighted by molar-refractivity contribution is 0.350. The minimum absolute atomic E-state index is 0.406. The van der Waals surface area contributed by atoms with Crippen molar-refractivity contribution in [2.45, 2.75) is 39.2 Å².